The van der Waals surface area contributed by atoms with Crippen LogP contribution in [0.1, 0.15) is 20.2 Å². The molecule has 3 nitrogen and oxygen atoms in total. The minimum Gasteiger partial charge on any atom is -0.477 e. The molecule has 0 fully saturated rings. The Morgan fingerprint density at radius 2 is 1.65 bits per heavy atom. The molecule has 3 aromatic rings. The molecule has 0 saturated heterocycles. The van der Waals surface area contributed by atoms with Crippen LogP contribution in [0.25, 0.3) is 19.6 Å². The molecule has 0 amide bonds. The van der Waals surface area contributed by atoms with Crippen LogP contribution < -0.4 is 0 Å². The van der Waals surface area contributed by atoms with Crippen LogP contribution in [0.5, 0.6) is 0 Å². The number of hydrogen-bond donors (Lipinski definition) is 1. The van der Waals surface area contributed by atoms with Crippen molar-refractivity contribution in [1.29, 1.82) is 0 Å². The number of thiophene rings is 2. The summed E-state index contributed by atoms with van der Waals surface area (Å²) in [4.78, 5) is 20.5. The van der Waals surface area contributed by atoms with E-state index in [0.29, 0.717) is 10.6 Å². The average molecular weight is 321 g/mol. The molecule has 102 valence electrons. The van der Waals surface area contributed by atoms with Crippen molar-refractivity contribution in [2.45, 2.75) is 13.8 Å². The van der Waals surface area contributed by atoms with E-state index in [1.807, 2.05) is 6.07 Å². The fraction of sp³-hybridized carbons (Fsp3) is 0.143. The molecule has 0 unspecified atom stereocenters. The van der Waals surface area contributed by atoms with Gasteiger partial charge in [-0.3, -0.25) is 0 Å². The molecular weight excluding hydrogens is 310 g/mol. The summed E-state index contributed by atoms with van der Waals surface area (Å²) in [5.74, 6) is -0.906. The van der Waals surface area contributed by atoms with E-state index >= 15 is 0 Å². The van der Waals surface area contributed by atoms with Gasteiger partial charge in [-0.05, 0) is 38.1 Å². The largest absolute Gasteiger partial charge is 0.477 e. The fourth-order valence-corrected chi connectivity index (χ4v) is 4.78. The Labute approximate surface area is 128 Å². The van der Waals surface area contributed by atoms with Crippen LogP contribution in [0.2, 0.25) is 0 Å². The second-order valence-corrected chi connectivity index (χ2v) is 7.68. The van der Waals surface area contributed by atoms with Crippen molar-refractivity contribution in [3.63, 3.8) is 0 Å². The first-order valence-corrected chi connectivity index (χ1v) is 8.37. The summed E-state index contributed by atoms with van der Waals surface area (Å²) in [5.41, 5.74) is 0.583. The van der Waals surface area contributed by atoms with Crippen LogP contribution in [0.15, 0.2) is 24.3 Å². The standard InChI is InChI=1S/C14H11NO2S3/c1-7-3-4-9(18-7)10-5-6-11(19-10)13-15-8(2)12(20-13)14(16)17/h3-6H,1-2H3,(H,16,17). The topological polar surface area (TPSA) is 50.2 Å². The van der Waals surface area contributed by atoms with Gasteiger partial charge in [0.25, 0.3) is 0 Å². The van der Waals surface area contributed by atoms with Crippen molar-refractivity contribution in [2.75, 3.05) is 0 Å². The van der Waals surface area contributed by atoms with Crippen LogP contribution >= 0.6 is 34.0 Å². The van der Waals surface area contributed by atoms with E-state index in [1.54, 1.807) is 29.6 Å². The molecule has 0 atom stereocenters. The van der Waals surface area contributed by atoms with Gasteiger partial charge in [0.1, 0.15) is 9.88 Å². The Kier molecular flexibility index (Phi) is 3.45. The van der Waals surface area contributed by atoms with Crippen molar-refractivity contribution in [3.05, 3.63) is 39.7 Å². The maximum atomic E-state index is 11.1. The molecule has 3 aromatic heterocycles. The van der Waals surface area contributed by atoms with Gasteiger partial charge in [0, 0.05) is 14.6 Å². The fourth-order valence-electron chi connectivity index (χ4n) is 1.85. The molecule has 0 spiro atoms. The van der Waals surface area contributed by atoms with Gasteiger partial charge in [0.05, 0.1) is 10.6 Å². The van der Waals surface area contributed by atoms with E-state index in [1.165, 1.54) is 26.0 Å². The summed E-state index contributed by atoms with van der Waals surface area (Å²) in [7, 11) is 0. The molecule has 3 heterocycles. The van der Waals surface area contributed by atoms with Gasteiger partial charge in [0.2, 0.25) is 0 Å². The maximum Gasteiger partial charge on any atom is 0.347 e. The highest BCUT2D eigenvalue weighted by Crippen LogP contribution is 2.39. The summed E-state index contributed by atoms with van der Waals surface area (Å²) in [5, 5.41) is 9.87. The number of aromatic carboxylic acids is 1. The minimum absolute atomic E-state index is 0.321. The molecule has 1 N–H and O–H groups in total. The normalized spacial score (nSPS) is 10.9. The lowest BCUT2D eigenvalue weighted by molar-refractivity contribution is 0.0701. The molecular formula is C14H11NO2S3. The maximum absolute atomic E-state index is 11.1. The summed E-state index contributed by atoms with van der Waals surface area (Å²) in [6.45, 7) is 3.83. The van der Waals surface area contributed by atoms with Crippen LogP contribution in [-0.4, -0.2) is 16.1 Å². The lowest BCUT2D eigenvalue weighted by atomic mass is 10.3. The Balaban J connectivity index is 1.98. The monoisotopic (exact) mass is 321 g/mol. The van der Waals surface area contributed by atoms with Gasteiger partial charge in [0.15, 0.2) is 0 Å². The summed E-state index contributed by atoms with van der Waals surface area (Å²) in [6, 6.07) is 8.31. The number of carbonyl (C=O) groups is 1. The van der Waals surface area contributed by atoms with Crippen LogP contribution in [0, 0.1) is 13.8 Å². The number of aryl methyl sites for hydroxylation is 2. The third-order valence-corrected chi connectivity index (χ3v) is 6.39. The number of rotatable bonds is 3. The zero-order valence-electron chi connectivity index (χ0n) is 10.8. The second kappa shape index (κ2) is 5.12. The third kappa shape index (κ3) is 2.42. The highest BCUT2D eigenvalue weighted by Gasteiger charge is 2.16. The Bertz CT molecular complexity index is 782. The van der Waals surface area contributed by atoms with E-state index in [9.17, 15) is 4.79 Å². The van der Waals surface area contributed by atoms with Crippen LogP contribution in [-0.2, 0) is 0 Å². The molecule has 0 bridgehead atoms. The average Bonchev–Trinajstić information content (AvgIpc) is 3.06. The van der Waals surface area contributed by atoms with Crippen molar-refractivity contribution >= 4 is 40.0 Å². The van der Waals surface area contributed by atoms with Crippen molar-refractivity contribution in [2.24, 2.45) is 0 Å². The Morgan fingerprint density at radius 1 is 1.00 bits per heavy atom. The van der Waals surface area contributed by atoms with Crippen LogP contribution in [0.3, 0.4) is 0 Å². The smallest absolute Gasteiger partial charge is 0.347 e. The van der Waals surface area contributed by atoms with Crippen molar-refractivity contribution in [3.8, 4) is 19.6 Å². The van der Waals surface area contributed by atoms with E-state index in [4.69, 9.17) is 5.11 Å². The second-order valence-electron chi connectivity index (χ2n) is 4.31. The molecule has 0 aromatic carbocycles. The van der Waals surface area contributed by atoms with Gasteiger partial charge in [-0.25, -0.2) is 9.78 Å². The van der Waals surface area contributed by atoms with E-state index < -0.39 is 5.97 Å². The van der Waals surface area contributed by atoms with Gasteiger partial charge in [-0.1, -0.05) is 0 Å². The molecule has 0 aliphatic carbocycles. The summed E-state index contributed by atoms with van der Waals surface area (Å²) >= 11 is 4.65. The zero-order valence-corrected chi connectivity index (χ0v) is 13.3. The number of carboxylic acids is 1. The van der Waals surface area contributed by atoms with Gasteiger partial charge >= 0.3 is 5.97 Å². The first-order valence-electron chi connectivity index (χ1n) is 5.92. The first-order chi connectivity index (χ1) is 9.54. The zero-order chi connectivity index (χ0) is 14.3. The van der Waals surface area contributed by atoms with Gasteiger partial charge in [-0.15, -0.1) is 34.0 Å². The van der Waals surface area contributed by atoms with E-state index in [-0.39, 0.29) is 0 Å². The first kappa shape index (κ1) is 13.5. The quantitative estimate of drug-likeness (QED) is 0.745. The lowest BCUT2D eigenvalue weighted by Gasteiger charge is -1.89. The highest BCUT2D eigenvalue weighted by atomic mass is 32.1. The highest BCUT2D eigenvalue weighted by molar-refractivity contribution is 7.26. The molecule has 0 aliphatic heterocycles. The summed E-state index contributed by atoms with van der Waals surface area (Å²) in [6.07, 6.45) is 0. The Hall–Kier alpha value is -1.50. The molecule has 6 heteroatoms. The predicted octanol–water partition coefficient (Wildman–Crippen LogP) is 4.92. The van der Waals surface area contributed by atoms with Gasteiger partial charge in [-0.2, -0.15) is 0 Å². The minimum atomic E-state index is -0.906. The van der Waals surface area contributed by atoms with Crippen molar-refractivity contribution in [1.82, 2.24) is 4.98 Å². The molecule has 20 heavy (non-hydrogen) atoms. The number of nitrogens with zero attached hydrogens (tertiary/aromatic N) is 1. The number of hydrogen-bond acceptors (Lipinski definition) is 5. The SMILES string of the molecule is Cc1ccc(-c2ccc(-c3nc(C)c(C(=O)O)s3)s2)s1. The molecule has 0 saturated carbocycles. The van der Waals surface area contributed by atoms with E-state index in [2.05, 4.69) is 30.1 Å². The van der Waals surface area contributed by atoms with Crippen molar-refractivity contribution < 1.29 is 9.90 Å². The third-order valence-electron chi connectivity index (χ3n) is 2.79. The van der Waals surface area contributed by atoms with Crippen LogP contribution in [0.4, 0.5) is 0 Å². The Morgan fingerprint density at radius 3 is 2.25 bits per heavy atom. The summed E-state index contributed by atoms with van der Waals surface area (Å²) < 4.78 is 0. The molecule has 0 radical (unpaired) electrons. The van der Waals surface area contributed by atoms with E-state index in [0.717, 1.165) is 9.88 Å². The number of aromatic nitrogens is 1. The number of thiazole rings is 1. The number of carboxylic acid groups (broad SMARTS) is 1. The predicted molar refractivity (Wildman–Crippen MR) is 85.2 cm³/mol. The van der Waals surface area contributed by atoms with Gasteiger partial charge < -0.3 is 5.11 Å². The lowest BCUT2D eigenvalue weighted by Crippen LogP contribution is -1.94. The molecule has 0 aliphatic rings. The molecule has 3 rings (SSSR count).